The van der Waals surface area contributed by atoms with Gasteiger partial charge in [-0.2, -0.15) is 0 Å². The number of nitrogens with zero attached hydrogens (tertiary/aromatic N) is 1. The van der Waals surface area contributed by atoms with Crippen molar-refractivity contribution < 1.29 is 19.7 Å². The van der Waals surface area contributed by atoms with Gasteiger partial charge in [-0.3, -0.25) is 4.90 Å². The summed E-state index contributed by atoms with van der Waals surface area (Å²) in [5.74, 6) is 1.70. The van der Waals surface area contributed by atoms with Crippen molar-refractivity contribution in [3.05, 3.63) is 95.6 Å². The molecule has 5 heteroatoms. The Morgan fingerprint density at radius 2 is 1.12 bits per heavy atom. The van der Waals surface area contributed by atoms with E-state index in [1.807, 2.05) is 54.6 Å². The van der Waals surface area contributed by atoms with Crippen LogP contribution in [0.2, 0.25) is 0 Å². The minimum atomic E-state index is -0.702. The van der Waals surface area contributed by atoms with Crippen LogP contribution in [0.3, 0.4) is 0 Å². The van der Waals surface area contributed by atoms with Crippen LogP contribution in [0.15, 0.2) is 78.9 Å². The normalized spacial score (nSPS) is 23.5. The maximum absolute atomic E-state index is 10.5. The van der Waals surface area contributed by atoms with E-state index in [1.54, 1.807) is 0 Å². The summed E-state index contributed by atoms with van der Waals surface area (Å²) in [7, 11) is 0. The Bertz CT molecular complexity index is 1040. The van der Waals surface area contributed by atoms with Gasteiger partial charge in [-0.1, -0.05) is 66.7 Å². The zero-order valence-electron chi connectivity index (χ0n) is 19.5. The molecule has 3 aromatic rings. The molecule has 2 N–H and O–H groups in total. The molecular formula is C29H33NO4. The summed E-state index contributed by atoms with van der Waals surface area (Å²) in [5, 5.41) is 21.0. The highest BCUT2D eigenvalue weighted by atomic mass is 16.5. The second-order valence-corrected chi connectivity index (χ2v) is 9.73. The van der Waals surface area contributed by atoms with Crippen molar-refractivity contribution in [2.45, 2.75) is 43.4 Å². The molecule has 3 aromatic carbocycles. The zero-order valence-corrected chi connectivity index (χ0v) is 19.5. The minimum absolute atomic E-state index is 0.0670. The third-order valence-electron chi connectivity index (χ3n) is 7.15. The van der Waals surface area contributed by atoms with Crippen LogP contribution in [0.5, 0.6) is 11.5 Å². The summed E-state index contributed by atoms with van der Waals surface area (Å²) < 4.78 is 12.9. The molecule has 0 saturated heterocycles. The number of hydrogen-bond donors (Lipinski definition) is 2. The lowest BCUT2D eigenvalue weighted by Gasteiger charge is -2.45. The molecule has 34 heavy (non-hydrogen) atoms. The highest BCUT2D eigenvalue weighted by Gasteiger charge is 2.42. The number of hydrogen-bond acceptors (Lipinski definition) is 5. The van der Waals surface area contributed by atoms with Gasteiger partial charge < -0.3 is 19.7 Å². The Kier molecular flexibility index (Phi) is 6.59. The van der Waals surface area contributed by atoms with Gasteiger partial charge in [-0.15, -0.1) is 0 Å². The molecule has 178 valence electrons. The van der Waals surface area contributed by atoms with Crippen LogP contribution in [0.25, 0.3) is 0 Å². The number of ether oxygens (including phenoxy) is 2. The number of aryl methyl sites for hydroxylation is 2. The maximum atomic E-state index is 10.5. The van der Waals surface area contributed by atoms with Crippen LogP contribution in [0.4, 0.5) is 0 Å². The molecule has 5 nitrogen and oxygen atoms in total. The Balaban J connectivity index is 1.41. The van der Waals surface area contributed by atoms with Gasteiger partial charge in [0.05, 0.1) is 13.2 Å². The molecule has 2 atom stereocenters. The van der Waals surface area contributed by atoms with Crippen molar-refractivity contribution in [3.8, 4) is 11.5 Å². The van der Waals surface area contributed by atoms with Gasteiger partial charge in [0.2, 0.25) is 0 Å². The Hall–Kier alpha value is -2.86. The van der Waals surface area contributed by atoms with Gasteiger partial charge in [0, 0.05) is 19.6 Å². The molecule has 0 saturated carbocycles. The largest absolute Gasteiger partial charge is 0.483 e. The van der Waals surface area contributed by atoms with E-state index in [1.165, 1.54) is 16.7 Å². The van der Waals surface area contributed by atoms with E-state index >= 15 is 0 Å². The summed E-state index contributed by atoms with van der Waals surface area (Å²) in [6.45, 7) is 1.63. The van der Waals surface area contributed by atoms with Crippen LogP contribution in [-0.2, 0) is 19.4 Å². The molecular weight excluding hydrogens is 426 g/mol. The molecule has 0 radical (unpaired) electrons. The van der Waals surface area contributed by atoms with Gasteiger partial charge >= 0.3 is 0 Å². The van der Waals surface area contributed by atoms with E-state index in [0.717, 1.165) is 37.2 Å². The number of benzene rings is 3. The quantitative estimate of drug-likeness (QED) is 0.533. The van der Waals surface area contributed by atoms with Crippen molar-refractivity contribution >= 4 is 0 Å². The number of para-hydroxylation sites is 2. The molecule has 0 amide bonds. The molecule has 2 unspecified atom stereocenters. The smallest absolute Gasteiger partial charge is 0.145 e. The fraction of sp³-hybridized carbons (Fsp3) is 0.379. The van der Waals surface area contributed by atoms with Crippen molar-refractivity contribution in [3.63, 3.8) is 0 Å². The van der Waals surface area contributed by atoms with Crippen LogP contribution in [-0.4, -0.2) is 52.6 Å². The lowest BCUT2D eigenvalue weighted by atomic mass is 9.88. The Morgan fingerprint density at radius 3 is 1.62 bits per heavy atom. The molecule has 2 heterocycles. The van der Waals surface area contributed by atoms with Crippen molar-refractivity contribution in [1.82, 2.24) is 4.90 Å². The first kappa shape index (κ1) is 22.9. The highest BCUT2D eigenvalue weighted by molar-refractivity contribution is 5.37. The third kappa shape index (κ3) is 4.83. The first-order valence-corrected chi connectivity index (χ1v) is 12.1. The van der Waals surface area contributed by atoms with Crippen LogP contribution in [0.1, 0.15) is 29.5 Å². The van der Waals surface area contributed by atoms with Gasteiger partial charge in [0.25, 0.3) is 0 Å². The third-order valence-corrected chi connectivity index (χ3v) is 7.15. The van der Waals surface area contributed by atoms with Crippen molar-refractivity contribution in [2.75, 3.05) is 26.3 Å². The summed E-state index contributed by atoms with van der Waals surface area (Å²) in [6.07, 6.45) is 3.21. The van der Waals surface area contributed by atoms with E-state index in [2.05, 4.69) is 29.2 Å². The second-order valence-electron chi connectivity index (χ2n) is 9.73. The van der Waals surface area contributed by atoms with Gasteiger partial charge in [0.1, 0.15) is 22.7 Å². The first-order chi connectivity index (χ1) is 16.6. The number of aliphatic hydroxyl groups is 2. The molecule has 0 aromatic heterocycles. The monoisotopic (exact) mass is 459 g/mol. The van der Waals surface area contributed by atoms with E-state index in [9.17, 15) is 10.2 Å². The SMILES string of the molecule is OCC1(CN(Cc2ccccc2)CC2(CO)CCc3ccccc3O2)CCc2ccccc2O1. The zero-order chi connectivity index (χ0) is 23.4. The Labute approximate surface area is 201 Å². The average Bonchev–Trinajstić information content (AvgIpc) is 2.89. The van der Waals surface area contributed by atoms with Gasteiger partial charge in [0.15, 0.2) is 0 Å². The van der Waals surface area contributed by atoms with Crippen molar-refractivity contribution in [1.29, 1.82) is 0 Å². The maximum Gasteiger partial charge on any atom is 0.145 e. The predicted octanol–water partition coefficient (Wildman–Crippen LogP) is 4.00. The summed E-state index contributed by atoms with van der Waals surface area (Å²) in [6, 6.07) is 26.5. The lowest BCUT2D eigenvalue weighted by molar-refractivity contribution is -0.0709. The van der Waals surface area contributed by atoms with Crippen LogP contribution in [0, 0.1) is 0 Å². The first-order valence-electron chi connectivity index (χ1n) is 12.1. The fourth-order valence-corrected chi connectivity index (χ4v) is 5.28. The average molecular weight is 460 g/mol. The molecule has 0 fully saturated rings. The van der Waals surface area contributed by atoms with E-state index < -0.39 is 11.2 Å². The highest BCUT2D eigenvalue weighted by Crippen LogP contribution is 2.36. The second kappa shape index (κ2) is 9.79. The molecule has 2 aliphatic heterocycles. The van der Waals surface area contributed by atoms with Crippen molar-refractivity contribution in [2.24, 2.45) is 0 Å². The van der Waals surface area contributed by atoms with Crippen LogP contribution >= 0.6 is 0 Å². The molecule has 5 rings (SSSR count). The number of fused-ring (bicyclic) bond motifs is 2. The summed E-state index contributed by atoms with van der Waals surface area (Å²) >= 11 is 0. The van der Waals surface area contributed by atoms with Crippen LogP contribution < -0.4 is 9.47 Å². The molecule has 0 spiro atoms. The summed E-state index contributed by atoms with van der Waals surface area (Å²) in [4.78, 5) is 2.28. The number of rotatable bonds is 8. The number of aliphatic hydroxyl groups excluding tert-OH is 2. The van der Waals surface area contributed by atoms with Gasteiger partial charge in [-0.25, -0.2) is 0 Å². The molecule has 2 aliphatic rings. The minimum Gasteiger partial charge on any atom is -0.483 e. The Morgan fingerprint density at radius 1 is 0.647 bits per heavy atom. The predicted molar refractivity (Wildman–Crippen MR) is 132 cm³/mol. The lowest BCUT2D eigenvalue weighted by Crippen LogP contribution is -2.57. The topological polar surface area (TPSA) is 62.2 Å². The fourth-order valence-electron chi connectivity index (χ4n) is 5.28. The van der Waals surface area contributed by atoms with Gasteiger partial charge in [-0.05, 0) is 54.5 Å². The molecule has 0 aliphatic carbocycles. The van der Waals surface area contributed by atoms with E-state index in [0.29, 0.717) is 19.6 Å². The standard InChI is InChI=1S/C29H33NO4/c31-21-28(16-14-24-10-4-6-12-26(24)33-28)19-30(18-23-8-2-1-3-9-23)20-29(22-32)17-15-25-11-5-7-13-27(25)34-29/h1-13,31-32H,14-22H2. The van der Waals surface area contributed by atoms with E-state index in [4.69, 9.17) is 9.47 Å². The molecule has 0 bridgehead atoms. The summed E-state index contributed by atoms with van der Waals surface area (Å²) in [5.41, 5.74) is 2.13. The van der Waals surface area contributed by atoms with E-state index in [-0.39, 0.29) is 13.2 Å².